The molecule has 1 aliphatic heterocycles. The Morgan fingerprint density at radius 1 is 1.15 bits per heavy atom. The monoisotopic (exact) mass is 548 g/mol. The van der Waals surface area contributed by atoms with E-state index in [0.29, 0.717) is 30.8 Å². The van der Waals surface area contributed by atoms with Gasteiger partial charge < -0.3 is 9.64 Å². The van der Waals surface area contributed by atoms with Crippen LogP contribution in [0.25, 0.3) is 0 Å². The van der Waals surface area contributed by atoms with Crippen LogP contribution in [0.3, 0.4) is 0 Å². The fourth-order valence-electron chi connectivity index (χ4n) is 3.80. The summed E-state index contributed by atoms with van der Waals surface area (Å²) in [6, 6.07) is 6.23. The Morgan fingerprint density at radius 2 is 1.82 bits per heavy atom. The molecule has 0 radical (unpaired) electrons. The first-order chi connectivity index (χ1) is 15.5. The number of nitrogens with zero attached hydrogens (tertiary/aromatic N) is 1. The van der Waals surface area contributed by atoms with Crippen molar-refractivity contribution < 1.29 is 31.1 Å². The molecule has 0 aliphatic carbocycles. The first kappa shape index (κ1) is 25.4. The molecule has 180 valence electrons. The zero-order chi connectivity index (χ0) is 24.4. The van der Waals surface area contributed by atoms with Gasteiger partial charge in [-0.05, 0) is 55.5 Å². The average Bonchev–Trinajstić information content (AvgIpc) is 2.78. The average molecular weight is 549 g/mol. The summed E-state index contributed by atoms with van der Waals surface area (Å²) in [4.78, 5) is 13.6. The molecule has 0 spiro atoms. The molecule has 3 rings (SSSR count). The number of sulfonamides is 1. The number of carbonyl (C=O) groups excluding carboxylic acids is 1. The Balaban J connectivity index is 2.13. The standard InChI is InChI=1S/C22H24BrF3N2O4S/c1-3-14-7-8-15(21(29)32-2)11-20(14)33(30,31)27-18-12-16(22(24,25)26)17(23)13-19(18)28-9-5-4-6-10-28/h7-8,11-13,27H,3-6,9-10H2,1-2H3. The summed E-state index contributed by atoms with van der Waals surface area (Å²) in [6.45, 7) is 2.95. The smallest absolute Gasteiger partial charge is 0.417 e. The molecule has 11 heteroatoms. The topological polar surface area (TPSA) is 75.7 Å². The Bertz CT molecular complexity index is 1150. The molecule has 1 saturated heterocycles. The van der Waals surface area contributed by atoms with Gasteiger partial charge in [-0.25, -0.2) is 13.2 Å². The maximum absolute atomic E-state index is 13.6. The number of hydrogen-bond donors (Lipinski definition) is 1. The lowest BCUT2D eigenvalue weighted by molar-refractivity contribution is -0.138. The van der Waals surface area contributed by atoms with Crippen LogP contribution in [0.2, 0.25) is 0 Å². The van der Waals surface area contributed by atoms with Crippen molar-refractivity contribution in [2.75, 3.05) is 29.8 Å². The zero-order valence-corrected chi connectivity index (χ0v) is 20.5. The van der Waals surface area contributed by atoms with Crippen molar-refractivity contribution in [2.24, 2.45) is 0 Å². The number of aryl methyl sites for hydroxylation is 1. The predicted octanol–water partition coefficient (Wildman–Crippen LogP) is 5.61. The van der Waals surface area contributed by atoms with Crippen molar-refractivity contribution in [2.45, 2.75) is 43.7 Å². The maximum Gasteiger partial charge on any atom is 0.417 e. The van der Waals surface area contributed by atoms with Crippen molar-refractivity contribution in [1.82, 2.24) is 0 Å². The fourth-order valence-corrected chi connectivity index (χ4v) is 5.76. The molecule has 2 aromatic carbocycles. The molecule has 0 unspecified atom stereocenters. The number of anilines is 2. The third-order valence-corrected chi connectivity index (χ3v) is 7.59. The number of carbonyl (C=O) groups is 1. The summed E-state index contributed by atoms with van der Waals surface area (Å²) in [7, 11) is -3.15. The number of methoxy groups -OCH3 is 1. The van der Waals surface area contributed by atoms with Gasteiger partial charge in [0.1, 0.15) is 0 Å². The highest BCUT2D eigenvalue weighted by Crippen LogP contribution is 2.42. The summed E-state index contributed by atoms with van der Waals surface area (Å²) in [5.74, 6) is -0.717. The molecule has 1 N–H and O–H groups in total. The molecule has 2 aromatic rings. The Kier molecular flexibility index (Phi) is 7.62. The maximum atomic E-state index is 13.6. The van der Waals surface area contributed by atoms with Gasteiger partial charge in [0.2, 0.25) is 0 Å². The van der Waals surface area contributed by atoms with E-state index in [-0.39, 0.29) is 20.6 Å². The first-order valence-electron chi connectivity index (χ1n) is 10.4. The molecule has 1 heterocycles. The molecule has 6 nitrogen and oxygen atoms in total. The fraction of sp³-hybridized carbons (Fsp3) is 0.409. The van der Waals surface area contributed by atoms with Crippen molar-refractivity contribution in [1.29, 1.82) is 0 Å². The molecule has 0 bridgehead atoms. The van der Waals surface area contributed by atoms with Gasteiger partial charge in [0.15, 0.2) is 0 Å². The lowest BCUT2D eigenvalue weighted by atomic mass is 10.1. The van der Waals surface area contributed by atoms with Crippen LogP contribution in [-0.4, -0.2) is 34.6 Å². The molecule has 33 heavy (non-hydrogen) atoms. The number of nitrogens with one attached hydrogen (secondary N) is 1. The lowest BCUT2D eigenvalue weighted by Gasteiger charge is -2.31. The summed E-state index contributed by atoms with van der Waals surface area (Å²) in [6.07, 6.45) is -1.64. The van der Waals surface area contributed by atoms with E-state index in [0.717, 1.165) is 25.3 Å². The minimum absolute atomic E-state index is 0.0260. The predicted molar refractivity (Wildman–Crippen MR) is 123 cm³/mol. The molecule has 1 aliphatic rings. The number of hydrogen-bond acceptors (Lipinski definition) is 5. The van der Waals surface area contributed by atoms with E-state index >= 15 is 0 Å². The summed E-state index contributed by atoms with van der Waals surface area (Å²) in [5.41, 5.74) is -0.348. The minimum Gasteiger partial charge on any atom is -0.465 e. The number of alkyl halides is 3. The van der Waals surface area contributed by atoms with Gasteiger partial charge >= 0.3 is 12.1 Å². The number of rotatable bonds is 6. The summed E-state index contributed by atoms with van der Waals surface area (Å²) in [5, 5.41) is 0. The van der Waals surface area contributed by atoms with Crippen molar-refractivity contribution in [3.8, 4) is 0 Å². The van der Waals surface area contributed by atoms with Crippen LogP contribution in [0.15, 0.2) is 39.7 Å². The van der Waals surface area contributed by atoms with Crippen LogP contribution >= 0.6 is 15.9 Å². The molecule has 0 amide bonds. The third-order valence-electron chi connectivity index (χ3n) is 5.49. The number of ether oxygens (including phenoxy) is 1. The highest BCUT2D eigenvalue weighted by molar-refractivity contribution is 9.10. The number of piperidine rings is 1. The van der Waals surface area contributed by atoms with E-state index in [9.17, 15) is 26.4 Å². The van der Waals surface area contributed by atoms with E-state index in [4.69, 9.17) is 0 Å². The summed E-state index contributed by atoms with van der Waals surface area (Å²) >= 11 is 2.99. The molecule has 1 fully saturated rings. The Morgan fingerprint density at radius 3 is 2.39 bits per heavy atom. The third kappa shape index (κ3) is 5.63. The van der Waals surface area contributed by atoms with Crippen LogP contribution in [0, 0.1) is 0 Å². The largest absolute Gasteiger partial charge is 0.465 e. The summed E-state index contributed by atoms with van der Waals surface area (Å²) < 4.78 is 74.3. The van der Waals surface area contributed by atoms with Gasteiger partial charge in [0, 0.05) is 17.6 Å². The normalized spacial score (nSPS) is 14.8. The molecular weight excluding hydrogens is 525 g/mol. The van der Waals surface area contributed by atoms with E-state index in [1.54, 1.807) is 6.92 Å². The molecule has 0 atom stereocenters. The van der Waals surface area contributed by atoms with E-state index in [1.165, 1.54) is 31.4 Å². The lowest BCUT2D eigenvalue weighted by Crippen LogP contribution is -2.31. The van der Waals surface area contributed by atoms with Gasteiger partial charge in [-0.3, -0.25) is 4.72 Å². The van der Waals surface area contributed by atoms with Crippen LogP contribution in [0.4, 0.5) is 24.5 Å². The van der Waals surface area contributed by atoms with Crippen molar-refractivity contribution in [3.05, 3.63) is 51.5 Å². The quantitative estimate of drug-likeness (QED) is 0.475. The van der Waals surface area contributed by atoms with E-state index in [2.05, 4.69) is 25.4 Å². The van der Waals surface area contributed by atoms with Crippen molar-refractivity contribution in [3.63, 3.8) is 0 Å². The van der Waals surface area contributed by atoms with Crippen LogP contribution < -0.4 is 9.62 Å². The SMILES string of the molecule is CCc1ccc(C(=O)OC)cc1S(=O)(=O)Nc1cc(C(F)(F)F)c(Br)cc1N1CCCCC1. The van der Waals surface area contributed by atoms with Gasteiger partial charge in [-0.15, -0.1) is 0 Å². The number of benzene rings is 2. The van der Waals surface area contributed by atoms with E-state index in [1.807, 2.05) is 4.90 Å². The molecular formula is C22H24BrF3N2O4S. The van der Waals surface area contributed by atoms with Crippen LogP contribution in [-0.2, 0) is 27.4 Å². The minimum atomic E-state index is -4.68. The van der Waals surface area contributed by atoms with Crippen LogP contribution in [0.5, 0.6) is 0 Å². The number of esters is 1. The van der Waals surface area contributed by atoms with Crippen molar-refractivity contribution >= 4 is 43.3 Å². The molecule has 0 aromatic heterocycles. The highest BCUT2D eigenvalue weighted by atomic mass is 79.9. The first-order valence-corrected chi connectivity index (χ1v) is 12.6. The van der Waals surface area contributed by atoms with Crippen LogP contribution in [0.1, 0.15) is 47.7 Å². The second-order valence-electron chi connectivity index (χ2n) is 7.67. The molecule has 0 saturated carbocycles. The van der Waals surface area contributed by atoms with Gasteiger partial charge in [-0.1, -0.05) is 28.9 Å². The number of halogens is 4. The van der Waals surface area contributed by atoms with E-state index < -0.39 is 27.7 Å². The second-order valence-corrected chi connectivity index (χ2v) is 10.2. The Labute approximate surface area is 199 Å². The van der Waals surface area contributed by atoms with Gasteiger partial charge in [-0.2, -0.15) is 13.2 Å². The second kappa shape index (κ2) is 9.92. The Hall–Kier alpha value is -2.27. The van der Waals surface area contributed by atoms with Gasteiger partial charge in [0.25, 0.3) is 10.0 Å². The highest BCUT2D eigenvalue weighted by Gasteiger charge is 2.35. The zero-order valence-electron chi connectivity index (χ0n) is 18.1. The van der Waals surface area contributed by atoms with Gasteiger partial charge in [0.05, 0.1) is 34.5 Å².